The van der Waals surface area contributed by atoms with Gasteiger partial charge in [0.15, 0.2) is 11.5 Å². The minimum absolute atomic E-state index is 0.253. The van der Waals surface area contributed by atoms with E-state index in [-0.39, 0.29) is 12.8 Å². The number of hydrogen-bond acceptors (Lipinski definition) is 3. The second-order valence-electron chi connectivity index (χ2n) is 4.95. The van der Waals surface area contributed by atoms with Crippen molar-refractivity contribution >= 4 is 34.9 Å². The molecule has 1 heterocycles. The van der Waals surface area contributed by atoms with Gasteiger partial charge in [-0.05, 0) is 42.3 Å². The number of rotatable bonds is 4. The van der Waals surface area contributed by atoms with Gasteiger partial charge in [-0.3, -0.25) is 0 Å². The highest BCUT2D eigenvalue weighted by molar-refractivity contribution is 6.42. The van der Waals surface area contributed by atoms with Crippen LogP contribution in [0.4, 0.5) is 10.5 Å². The molecule has 1 aliphatic rings. The van der Waals surface area contributed by atoms with Gasteiger partial charge >= 0.3 is 6.03 Å². The molecule has 3 rings (SSSR count). The molecule has 0 fully saturated rings. The molecule has 0 bridgehead atoms. The molecule has 2 N–H and O–H groups in total. The number of nitrogens with one attached hydrogen (secondary N) is 2. The number of urea groups is 1. The van der Waals surface area contributed by atoms with Gasteiger partial charge in [0, 0.05) is 12.2 Å². The lowest BCUT2D eigenvalue weighted by atomic mass is 10.1. The third-order valence-electron chi connectivity index (χ3n) is 3.31. The molecule has 7 heteroatoms. The number of amides is 2. The first-order chi connectivity index (χ1) is 11.1. The van der Waals surface area contributed by atoms with Crippen molar-refractivity contribution in [3.05, 3.63) is 52.0 Å². The number of anilines is 1. The minimum Gasteiger partial charge on any atom is -0.454 e. The molecule has 1 aliphatic heterocycles. The summed E-state index contributed by atoms with van der Waals surface area (Å²) in [6, 6.07) is 10.4. The number of hydrogen-bond donors (Lipinski definition) is 2. The molecule has 0 atom stereocenters. The predicted octanol–water partition coefficient (Wildman–Crippen LogP) is 4.09. The summed E-state index contributed by atoms with van der Waals surface area (Å²) in [6.07, 6.45) is 0.686. The number of carbonyl (C=O) groups is 1. The van der Waals surface area contributed by atoms with E-state index in [2.05, 4.69) is 10.6 Å². The summed E-state index contributed by atoms with van der Waals surface area (Å²) in [7, 11) is 0. The van der Waals surface area contributed by atoms with Crippen LogP contribution in [-0.4, -0.2) is 19.4 Å². The average molecular weight is 353 g/mol. The van der Waals surface area contributed by atoms with Crippen LogP contribution in [0.25, 0.3) is 0 Å². The van der Waals surface area contributed by atoms with Crippen LogP contribution in [0.15, 0.2) is 36.4 Å². The number of fused-ring (bicyclic) bond motifs is 1. The SMILES string of the molecule is O=C(NCCc1ccc2c(c1)OCO2)Nc1ccc(Cl)c(Cl)c1. The average Bonchev–Trinajstić information content (AvgIpc) is 2.98. The molecule has 0 radical (unpaired) electrons. The summed E-state index contributed by atoms with van der Waals surface area (Å²) in [5.74, 6) is 1.49. The van der Waals surface area contributed by atoms with Crippen LogP contribution in [-0.2, 0) is 6.42 Å². The Bertz CT molecular complexity index is 737. The molecule has 0 spiro atoms. The monoisotopic (exact) mass is 352 g/mol. The van der Waals surface area contributed by atoms with Crippen LogP contribution < -0.4 is 20.1 Å². The van der Waals surface area contributed by atoms with E-state index in [0.717, 1.165) is 17.1 Å². The first-order valence-electron chi connectivity index (χ1n) is 7.00. The minimum atomic E-state index is -0.302. The highest BCUT2D eigenvalue weighted by atomic mass is 35.5. The van der Waals surface area contributed by atoms with E-state index < -0.39 is 0 Å². The zero-order valence-electron chi connectivity index (χ0n) is 12.1. The first kappa shape index (κ1) is 15.8. The third kappa shape index (κ3) is 4.00. The number of carbonyl (C=O) groups excluding carboxylic acids is 1. The van der Waals surface area contributed by atoms with Crippen LogP contribution in [0.3, 0.4) is 0 Å². The highest BCUT2D eigenvalue weighted by Gasteiger charge is 2.13. The molecule has 120 valence electrons. The molecule has 2 aromatic rings. The van der Waals surface area contributed by atoms with E-state index in [1.165, 1.54) is 0 Å². The van der Waals surface area contributed by atoms with Gasteiger partial charge in [0.2, 0.25) is 6.79 Å². The van der Waals surface area contributed by atoms with Crippen molar-refractivity contribution in [3.8, 4) is 11.5 Å². The van der Waals surface area contributed by atoms with Gasteiger partial charge in [-0.1, -0.05) is 29.3 Å². The zero-order valence-corrected chi connectivity index (χ0v) is 13.6. The lowest BCUT2D eigenvalue weighted by Gasteiger charge is -2.09. The fourth-order valence-corrected chi connectivity index (χ4v) is 2.46. The van der Waals surface area contributed by atoms with Crippen molar-refractivity contribution in [3.63, 3.8) is 0 Å². The maximum Gasteiger partial charge on any atom is 0.319 e. The summed E-state index contributed by atoms with van der Waals surface area (Å²) in [5, 5.41) is 6.32. The predicted molar refractivity (Wildman–Crippen MR) is 89.8 cm³/mol. The van der Waals surface area contributed by atoms with Gasteiger partial charge in [0.25, 0.3) is 0 Å². The van der Waals surface area contributed by atoms with Crippen molar-refractivity contribution in [1.82, 2.24) is 5.32 Å². The summed E-state index contributed by atoms with van der Waals surface area (Å²) < 4.78 is 10.6. The summed E-state index contributed by atoms with van der Waals surface area (Å²) in [5.41, 5.74) is 1.64. The molecule has 0 saturated heterocycles. The van der Waals surface area contributed by atoms with Gasteiger partial charge < -0.3 is 20.1 Å². The molecule has 23 heavy (non-hydrogen) atoms. The Kier molecular flexibility index (Phi) is 4.79. The molecular weight excluding hydrogens is 339 g/mol. The molecule has 2 aromatic carbocycles. The van der Waals surface area contributed by atoms with Crippen LogP contribution in [0.2, 0.25) is 10.0 Å². The summed E-state index contributed by atoms with van der Waals surface area (Å²) in [6.45, 7) is 0.746. The van der Waals surface area contributed by atoms with Crippen LogP contribution in [0, 0.1) is 0 Å². The number of halogens is 2. The van der Waals surface area contributed by atoms with Gasteiger partial charge in [-0.25, -0.2) is 4.79 Å². The smallest absolute Gasteiger partial charge is 0.319 e. The topological polar surface area (TPSA) is 59.6 Å². The Hall–Kier alpha value is -2.11. The van der Waals surface area contributed by atoms with E-state index in [1.807, 2.05) is 18.2 Å². The molecule has 0 unspecified atom stereocenters. The van der Waals surface area contributed by atoms with Crippen LogP contribution in [0.5, 0.6) is 11.5 Å². The van der Waals surface area contributed by atoms with Crippen LogP contribution in [0.1, 0.15) is 5.56 Å². The van der Waals surface area contributed by atoms with E-state index in [0.29, 0.717) is 28.7 Å². The molecule has 0 aliphatic carbocycles. The van der Waals surface area contributed by atoms with Crippen molar-refractivity contribution in [1.29, 1.82) is 0 Å². The van der Waals surface area contributed by atoms with E-state index in [9.17, 15) is 4.79 Å². The Morgan fingerprint density at radius 3 is 2.70 bits per heavy atom. The molecule has 0 aromatic heterocycles. The van der Waals surface area contributed by atoms with Crippen molar-refractivity contribution in [2.24, 2.45) is 0 Å². The lowest BCUT2D eigenvalue weighted by molar-refractivity contribution is 0.174. The normalized spacial score (nSPS) is 12.1. The molecular formula is C16H14Cl2N2O3. The van der Waals surface area contributed by atoms with Gasteiger partial charge in [0.1, 0.15) is 0 Å². The highest BCUT2D eigenvalue weighted by Crippen LogP contribution is 2.32. The van der Waals surface area contributed by atoms with Crippen molar-refractivity contribution < 1.29 is 14.3 Å². The third-order valence-corrected chi connectivity index (χ3v) is 4.05. The second kappa shape index (κ2) is 6.98. The molecule has 0 saturated carbocycles. The Labute approximate surface area is 143 Å². The zero-order chi connectivity index (χ0) is 16.2. The van der Waals surface area contributed by atoms with E-state index in [4.69, 9.17) is 32.7 Å². The quantitative estimate of drug-likeness (QED) is 0.871. The Balaban J connectivity index is 1.48. The van der Waals surface area contributed by atoms with E-state index in [1.54, 1.807) is 18.2 Å². The van der Waals surface area contributed by atoms with Gasteiger partial charge in [-0.2, -0.15) is 0 Å². The summed E-state index contributed by atoms with van der Waals surface area (Å²) in [4.78, 5) is 11.8. The van der Waals surface area contributed by atoms with Crippen molar-refractivity contribution in [2.45, 2.75) is 6.42 Å². The van der Waals surface area contributed by atoms with Gasteiger partial charge in [0.05, 0.1) is 10.0 Å². The number of benzene rings is 2. The summed E-state index contributed by atoms with van der Waals surface area (Å²) >= 11 is 11.7. The Morgan fingerprint density at radius 1 is 1.04 bits per heavy atom. The standard InChI is InChI=1S/C16H14Cl2N2O3/c17-12-3-2-11(8-13(12)18)20-16(21)19-6-5-10-1-4-14-15(7-10)23-9-22-14/h1-4,7-8H,5-6,9H2,(H2,19,20,21). The molecule has 5 nitrogen and oxygen atoms in total. The first-order valence-corrected chi connectivity index (χ1v) is 7.76. The number of ether oxygens (including phenoxy) is 2. The maximum absolute atomic E-state index is 11.8. The fraction of sp³-hybridized carbons (Fsp3) is 0.188. The van der Waals surface area contributed by atoms with E-state index >= 15 is 0 Å². The lowest BCUT2D eigenvalue weighted by Crippen LogP contribution is -2.30. The van der Waals surface area contributed by atoms with Gasteiger partial charge in [-0.15, -0.1) is 0 Å². The maximum atomic E-state index is 11.8. The van der Waals surface area contributed by atoms with Crippen LogP contribution >= 0.6 is 23.2 Å². The largest absolute Gasteiger partial charge is 0.454 e. The molecule has 2 amide bonds. The Morgan fingerprint density at radius 2 is 1.87 bits per heavy atom. The second-order valence-corrected chi connectivity index (χ2v) is 5.76. The van der Waals surface area contributed by atoms with Crippen molar-refractivity contribution in [2.75, 3.05) is 18.7 Å². The fourth-order valence-electron chi connectivity index (χ4n) is 2.17.